The molecule has 2 aromatic carbocycles. The average Bonchev–Trinajstić information content (AvgIpc) is 2.56. The first-order valence-corrected chi connectivity index (χ1v) is 7.52. The molecule has 0 bridgehead atoms. The Labute approximate surface area is 147 Å². The van der Waals surface area contributed by atoms with Crippen LogP contribution in [0.15, 0.2) is 42.5 Å². The van der Waals surface area contributed by atoms with E-state index < -0.39 is 24.3 Å². The molecule has 0 saturated carbocycles. The summed E-state index contributed by atoms with van der Waals surface area (Å²) < 4.78 is 17.9. The third kappa shape index (κ3) is 5.58. The summed E-state index contributed by atoms with van der Waals surface area (Å²) in [7, 11) is 0. The third-order valence-electron chi connectivity index (χ3n) is 2.98. The highest BCUT2D eigenvalue weighted by Gasteiger charge is 2.12. The second kappa shape index (κ2) is 8.25. The van der Waals surface area contributed by atoms with Gasteiger partial charge in [-0.25, -0.2) is 9.18 Å². The van der Waals surface area contributed by atoms with Crippen LogP contribution in [-0.4, -0.2) is 24.4 Å². The summed E-state index contributed by atoms with van der Waals surface area (Å²) in [5, 5.41) is 4.92. The maximum absolute atomic E-state index is 13.0. The van der Waals surface area contributed by atoms with E-state index in [1.54, 1.807) is 24.3 Å². The standard InChI is InChI=1S/C17H14ClFN2O4/c1-10(22)20-12-3-5-13(6-4-12)21-16(23)9-25-17(24)11-2-7-15(19)14(18)8-11/h2-8H,9H2,1H3,(H,20,22)(H,21,23). The van der Waals surface area contributed by atoms with Gasteiger partial charge in [0.15, 0.2) is 6.61 Å². The molecule has 0 aliphatic carbocycles. The fourth-order valence-electron chi connectivity index (χ4n) is 1.87. The summed E-state index contributed by atoms with van der Waals surface area (Å²) in [5.74, 6) is -2.20. The van der Waals surface area contributed by atoms with Crippen molar-refractivity contribution < 1.29 is 23.5 Å². The van der Waals surface area contributed by atoms with E-state index in [9.17, 15) is 18.8 Å². The van der Waals surface area contributed by atoms with Gasteiger partial charge in [0.2, 0.25) is 5.91 Å². The number of amides is 2. The Kier molecular flexibility index (Phi) is 6.08. The van der Waals surface area contributed by atoms with Crippen molar-refractivity contribution in [3.63, 3.8) is 0 Å². The van der Waals surface area contributed by atoms with Crippen LogP contribution in [0.5, 0.6) is 0 Å². The maximum Gasteiger partial charge on any atom is 0.338 e. The molecule has 2 N–H and O–H groups in total. The van der Waals surface area contributed by atoms with Gasteiger partial charge in [0, 0.05) is 18.3 Å². The highest BCUT2D eigenvalue weighted by atomic mass is 35.5. The minimum atomic E-state index is -0.793. The van der Waals surface area contributed by atoms with E-state index in [-0.39, 0.29) is 16.5 Å². The molecular weight excluding hydrogens is 351 g/mol. The summed E-state index contributed by atoms with van der Waals surface area (Å²) in [4.78, 5) is 34.5. The molecular formula is C17H14ClFN2O4. The zero-order valence-electron chi connectivity index (χ0n) is 13.1. The van der Waals surface area contributed by atoms with Crippen molar-refractivity contribution >= 4 is 40.8 Å². The largest absolute Gasteiger partial charge is 0.452 e. The Bertz CT molecular complexity index is 809. The number of benzene rings is 2. The number of halogens is 2. The van der Waals surface area contributed by atoms with Crippen LogP contribution in [-0.2, 0) is 14.3 Å². The molecule has 0 saturated heterocycles. The molecule has 2 rings (SSSR count). The molecule has 0 aliphatic heterocycles. The highest BCUT2D eigenvalue weighted by molar-refractivity contribution is 6.31. The fraction of sp³-hybridized carbons (Fsp3) is 0.118. The SMILES string of the molecule is CC(=O)Nc1ccc(NC(=O)COC(=O)c2ccc(F)c(Cl)c2)cc1. The second-order valence-corrected chi connectivity index (χ2v) is 5.42. The lowest BCUT2D eigenvalue weighted by Gasteiger charge is -2.08. The Morgan fingerprint density at radius 3 is 2.20 bits per heavy atom. The predicted molar refractivity (Wildman–Crippen MR) is 91.1 cm³/mol. The first-order chi connectivity index (χ1) is 11.8. The molecule has 0 radical (unpaired) electrons. The van der Waals surface area contributed by atoms with Gasteiger partial charge in [-0.15, -0.1) is 0 Å². The average molecular weight is 365 g/mol. The fourth-order valence-corrected chi connectivity index (χ4v) is 2.06. The first-order valence-electron chi connectivity index (χ1n) is 7.15. The molecule has 25 heavy (non-hydrogen) atoms. The van der Waals surface area contributed by atoms with E-state index in [1.807, 2.05) is 0 Å². The van der Waals surface area contributed by atoms with Gasteiger partial charge < -0.3 is 15.4 Å². The number of carbonyl (C=O) groups is 3. The lowest BCUT2D eigenvalue weighted by molar-refractivity contribution is -0.119. The molecule has 0 atom stereocenters. The summed E-state index contributed by atoms with van der Waals surface area (Å²) in [6, 6.07) is 9.78. The minimum Gasteiger partial charge on any atom is -0.452 e. The molecule has 8 heteroatoms. The van der Waals surface area contributed by atoms with Crippen LogP contribution in [0, 0.1) is 5.82 Å². The first kappa shape index (κ1) is 18.4. The van der Waals surface area contributed by atoms with Crippen LogP contribution < -0.4 is 10.6 Å². The van der Waals surface area contributed by atoms with Crippen LogP contribution >= 0.6 is 11.6 Å². The number of hydrogen-bond donors (Lipinski definition) is 2. The Morgan fingerprint density at radius 2 is 1.64 bits per heavy atom. The monoisotopic (exact) mass is 364 g/mol. The number of rotatable bonds is 5. The lowest BCUT2D eigenvalue weighted by atomic mass is 10.2. The van der Waals surface area contributed by atoms with E-state index in [0.717, 1.165) is 12.1 Å². The summed E-state index contributed by atoms with van der Waals surface area (Å²) in [5.41, 5.74) is 1.10. The zero-order chi connectivity index (χ0) is 18.4. The third-order valence-corrected chi connectivity index (χ3v) is 3.27. The molecule has 0 aliphatic rings. The molecule has 2 amide bonds. The summed E-state index contributed by atoms with van der Waals surface area (Å²) >= 11 is 5.58. The van der Waals surface area contributed by atoms with Crippen molar-refractivity contribution in [3.8, 4) is 0 Å². The van der Waals surface area contributed by atoms with Gasteiger partial charge >= 0.3 is 5.97 Å². The zero-order valence-corrected chi connectivity index (χ0v) is 13.9. The molecule has 0 spiro atoms. The Morgan fingerprint density at radius 1 is 1.04 bits per heavy atom. The van der Waals surface area contributed by atoms with Crippen molar-refractivity contribution in [2.24, 2.45) is 0 Å². The van der Waals surface area contributed by atoms with Gasteiger partial charge in [-0.1, -0.05) is 11.6 Å². The molecule has 0 aromatic heterocycles. The number of nitrogens with one attached hydrogen (secondary N) is 2. The molecule has 0 unspecified atom stereocenters. The summed E-state index contributed by atoms with van der Waals surface area (Å²) in [6.45, 7) is 0.875. The van der Waals surface area contributed by atoms with Gasteiger partial charge in [-0.2, -0.15) is 0 Å². The van der Waals surface area contributed by atoms with Gasteiger partial charge in [0.25, 0.3) is 5.91 Å². The van der Waals surface area contributed by atoms with Crippen LogP contribution in [0.3, 0.4) is 0 Å². The minimum absolute atomic E-state index is 0.0406. The van der Waals surface area contributed by atoms with Crippen LogP contribution in [0.1, 0.15) is 17.3 Å². The molecule has 0 heterocycles. The smallest absolute Gasteiger partial charge is 0.338 e. The van der Waals surface area contributed by atoms with Gasteiger partial charge in [-0.05, 0) is 42.5 Å². The van der Waals surface area contributed by atoms with Gasteiger partial charge in [-0.3, -0.25) is 9.59 Å². The Balaban J connectivity index is 1.86. The van der Waals surface area contributed by atoms with E-state index in [0.29, 0.717) is 11.4 Å². The molecule has 6 nitrogen and oxygen atoms in total. The van der Waals surface area contributed by atoms with Crippen LogP contribution in [0.2, 0.25) is 5.02 Å². The lowest BCUT2D eigenvalue weighted by Crippen LogP contribution is -2.21. The summed E-state index contributed by atoms with van der Waals surface area (Å²) in [6.07, 6.45) is 0. The van der Waals surface area contributed by atoms with Crippen molar-refractivity contribution in [2.75, 3.05) is 17.2 Å². The topological polar surface area (TPSA) is 84.5 Å². The quantitative estimate of drug-likeness (QED) is 0.798. The van der Waals surface area contributed by atoms with E-state index in [2.05, 4.69) is 10.6 Å². The van der Waals surface area contributed by atoms with E-state index in [1.165, 1.54) is 13.0 Å². The van der Waals surface area contributed by atoms with Gasteiger partial charge in [0.1, 0.15) is 5.82 Å². The number of anilines is 2. The van der Waals surface area contributed by atoms with E-state index in [4.69, 9.17) is 16.3 Å². The van der Waals surface area contributed by atoms with E-state index >= 15 is 0 Å². The second-order valence-electron chi connectivity index (χ2n) is 5.01. The number of hydrogen-bond acceptors (Lipinski definition) is 4. The van der Waals surface area contributed by atoms with Crippen LogP contribution in [0.4, 0.5) is 15.8 Å². The molecule has 2 aromatic rings. The van der Waals surface area contributed by atoms with Crippen molar-refractivity contribution in [3.05, 3.63) is 58.9 Å². The predicted octanol–water partition coefficient (Wildman–Crippen LogP) is 3.23. The van der Waals surface area contributed by atoms with Crippen LogP contribution in [0.25, 0.3) is 0 Å². The van der Waals surface area contributed by atoms with Gasteiger partial charge in [0.05, 0.1) is 10.6 Å². The number of carbonyl (C=O) groups excluding carboxylic acids is 3. The van der Waals surface area contributed by atoms with Crippen molar-refractivity contribution in [1.29, 1.82) is 0 Å². The number of ether oxygens (including phenoxy) is 1. The van der Waals surface area contributed by atoms with Crippen molar-refractivity contribution in [2.45, 2.75) is 6.92 Å². The molecule has 130 valence electrons. The van der Waals surface area contributed by atoms with Crippen molar-refractivity contribution in [1.82, 2.24) is 0 Å². The molecule has 0 fully saturated rings. The number of esters is 1. The maximum atomic E-state index is 13.0. The highest BCUT2D eigenvalue weighted by Crippen LogP contribution is 2.17. The normalized spacial score (nSPS) is 10.0. The Hall–Kier alpha value is -2.93.